The van der Waals surface area contributed by atoms with Crippen molar-refractivity contribution in [2.24, 2.45) is 11.8 Å². The highest BCUT2D eigenvalue weighted by Gasteiger charge is 2.41. The summed E-state index contributed by atoms with van der Waals surface area (Å²) in [5.74, 6) is -0.935. The van der Waals surface area contributed by atoms with Crippen LogP contribution >= 0.6 is 0 Å². The number of hydrogen-bond donors (Lipinski definition) is 1. The summed E-state index contributed by atoms with van der Waals surface area (Å²) < 4.78 is 7.67. The van der Waals surface area contributed by atoms with Crippen molar-refractivity contribution >= 4 is 11.9 Å². The number of carbonyl (C=O) groups is 2. The van der Waals surface area contributed by atoms with Crippen LogP contribution in [0.15, 0.2) is 6.20 Å². The lowest BCUT2D eigenvalue weighted by Crippen LogP contribution is -2.43. The fourth-order valence-corrected chi connectivity index (χ4v) is 4.41. The Morgan fingerprint density at radius 2 is 1.93 bits per heavy atom. The molecule has 0 saturated carbocycles. The third-order valence-electron chi connectivity index (χ3n) is 5.81. The fraction of sp³-hybridized carbons (Fsp3) is 0.750. The fourth-order valence-electron chi connectivity index (χ4n) is 4.41. The average Bonchev–Trinajstić information content (AvgIpc) is 3.27. The van der Waals surface area contributed by atoms with Gasteiger partial charge in [0.15, 0.2) is 0 Å². The number of carboxylic acids is 1. The number of rotatable bonds is 4. The minimum absolute atomic E-state index is 0.0305. The molecule has 27 heavy (non-hydrogen) atoms. The van der Waals surface area contributed by atoms with E-state index >= 15 is 0 Å². The van der Waals surface area contributed by atoms with E-state index in [-0.39, 0.29) is 23.5 Å². The number of piperidine rings is 1. The summed E-state index contributed by atoms with van der Waals surface area (Å²) >= 11 is 0. The second-order valence-corrected chi connectivity index (χ2v) is 8.64. The van der Waals surface area contributed by atoms with Crippen LogP contribution in [0.1, 0.15) is 63.0 Å². The largest absolute Gasteiger partial charge is 0.481 e. The van der Waals surface area contributed by atoms with Crippen LogP contribution in [0.3, 0.4) is 0 Å². The first-order valence-electron chi connectivity index (χ1n) is 9.95. The molecule has 0 radical (unpaired) electrons. The molecule has 0 aliphatic carbocycles. The lowest BCUT2D eigenvalue weighted by atomic mass is 9.84. The summed E-state index contributed by atoms with van der Waals surface area (Å²) in [6.45, 7) is 10.1. The quantitative estimate of drug-likeness (QED) is 0.872. The Labute approximate surface area is 160 Å². The number of likely N-dealkylation sites (tertiary alicyclic amines) is 1. The number of amides is 1. The molecular weight excluding hydrogens is 346 g/mol. The van der Waals surface area contributed by atoms with Crippen molar-refractivity contribution in [3.05, 3.63) is 17.5 Å². The van der Waals surface area contributed by atoms with Crippen LogP contribution in [0.25, 0.3) is 0 Å². The van der Waals surface area contributed by atoms with Gasteiger partial charge in [-0.1, -0.05) is 6.92 Å². The predicted octanol–water partition coefficient (Wildman–Crippen LogP) is 2.54. The van der Waals surface area contributed by atoms with Gasteiger partial charge in [-0.25, -0.2) is 0 Å². The highest BCUT2D eigenvalue weighted by atomic mass is 16.5. The maximum absolute atomic E-state index is 13.1. The molecule has 1 amide bonds. The van der Waals surface area contributed by atoms with Gasteiger partial charge in [0.2, 0.25) is 0 Å². The van der Waals surface area contributed by atoms with Gasteiger partial charge in [0.25, 0.3) is 5.91 Å². The second kappa shape index (κ2) is 7.62. The first-order valence-corrected chi connectivity index (χ1v) is 9.95. The standard InChI is InChI=1S/C20H31N3O4/c1-5-16-15(12-21-23(16)20(2,3)4)18(24)22-9-6-13(7-10-22)17-14(19(25)26)8-11-27-17/h12-14,17H,5-11H2,1-4H3,(H,25,26)/t14?,17-/m0/s1. The zero-order valence-corrected chi connectivity index (χ0v) is 16.8. The van der Waals surface area contributed by atoms with Gasteiger partial charge in [-0.15, -0.1) is 0 Å². The van der Waals surface area contributed by atoms with E-state index in [0.29, 0.717) is 31.7 Å². The molecule has 7 nitrogen and oxygen atoms in total. The molecule has 3 heterocycles. The molecule has 1 aromatic rings. The summed E-state index contributed by atoms with van der Waals surface area (Å²) in [5.41, 5.74) is 1.49. The maximum Gasteiger partial charge on any atom is 0.309 e. The Morgan fingerprint density at radius 1 is 1.26 bits per heavy atom. The summed E-state index contributed by atoms with van der Waals surface area (Å²) in [5, 5.41) is 13.8. The topological polar surface area (TPSA) is 84.7 Å². The third kappa shape index (κ3) is 3.88. The molecule has 1 unspecified atom stereocenters. The maximum atomic E-state index is 13.1. The van der Waals surface area contributed by atoms with E-state index in [4.69, 9.17) is 4.74 Å². The predicted molar refractivity (Wildman–Crippen MR) is 101 cm³/mol. The number of ether oxygens (including phenoxy) is 1. The molecule has 0 bridgehead atoms. The van der Waals surface area contributed by atoms with E-state index in [2.05, 4.69) is 25.9 Å². The lowest BCUT2D eigenvalue weighted by molar-refractivity contribution is -0.145. The van der Waals surface area contributed by atoms with Crippen LogP contribution in [0.5, 0.6) is 0 Å². The van der Waals surface area contributed by atoms with E-state index < -0.39 is 11.9 Å². The molecule has 1 aromatic heterocycles. The van der Waals surface area contributed by atoms with Gasteiger partial charge in [-0.3, -0.25) is 14.3 Å². The van der Waals surface area contributed by atoms with Crippen molar-refractivity contribution in [2.45, 2.75) is 65.0 Å². The van der Waals surface area contributed by atoms with E-state index in [1.807, 2.05) is 16.5 Å². The Kier molecular flexibility index (Phi) is 5.60. The molecule has 0 aromatic carbocycles. The van der Waals surface area contributed by atoms with Gasteiger partial charge in [-0.2, -0.15) is 5.10 Å². The molecule has 2 fully saturated rings. The number of carbonyl (C=O) groups excluding carboxylic acids is 1. The third-order valence-corrected chi connectivity index (χ3v) is 5.81. The first kappa shape index (κ1) is 19.9. The summed E-state index contributed by atoms with van der Waals surface area (Å²) in [4.78, 5) is 26.4. The van der Waals surface area contributed by atoms with Crippen LogP contribution in [-0.2, 0) is 21.5 Å². The number of aliphatic carboxylic acids is 1. The molecule has 2 atom stereocenters. The normalized spacial score (nSPS) is 24.4. The summed E-state index contributed by atoms with van der Waals surface area (Å²) in [7, 11) is 0. The number of nitrogens with zero attached hydrogens (tertiary/aromatic N) is 3. The zero-order valence-electron chi connectivity index (χ0n) is 16.8. The molecule has 3 rings (SSSR count). The van der Waals surface area contributed by atoms with Gasteiger partial charge in [0, 0.05) is 19.7 Å². The van der Waals surface area contributed by atoms with Crippen LogP contribution in [0, 0.1) is 11.8 Å². The first-order chi connectivity index (χ1) is 12.7. The van der Waals surface area contributed by atoms with Gasteiger partial charge < -0.3 is 14.7 Å². The van der Waals surface area contributed by atoms with Gasteiger partial charge in [-0.05, 0) is 52.4 Å². The minimum Gasteiger partial charge on any atom is -0.481 e. The van der Waals surface area contributed by atoms with Crippen molar-refractivity contribution in [3.8, 4) is 0 Å². The molecule has 7 heteroatoms. The molecule has 0 spiro atoms. The molecule has 2 aliphatic heterocycles. The van der Waals surface area contributed by atoms with Gasteiger partial charge >= 0.3 is 5.97 Å². The van der Waals surface area contributed by atoms with Crippen molar-refractivity contribution in [3.63, 3.8) is 0 Å². The monoisotopic (exact) mass is 377 g/mol. The van der Waals surface area contributed by atoms with Crippen LogP contribution < -0.4 is 0 Å². The highest BCUT2D eigenvalue weighted by molar-refractivity contribution is 5.95. The Balaban J connectivity index is 1.67. The molecule has 2 saturated heterocycles. The SMILES string of the molecule is CCc1c(C(=O)N2CCC([C@@H]3OCCC3C(=O)O)CC2)cnn1C(C)(C)C. The number of aromatic nitrogens is 2. The molecule has 1 N–H and O–H groups in total. The van der Waals surface area contributed by atoms with Crippen molar-refractivity contribution in [1.29, 1.82) is 0 Å². The second-order valence-electron chi connectivity index (χ2n) is 8.64. The molecule has 150 valence electrons. The highest BCUT2D eigenvalue weighted by Crippen LogP contribution is 2.33. The van der Waals surface area contributed by atoms with Crippen molar-refractivity contribution in [2.75, 3.05) is 19.7 Å². The summed E-state index contributed by atoms with van der Waals surface area (Å²) in [6, 6.07) is 0. The number of hydrogen-bond acceptors (Lipinski definition) is 4. The Morgan fingerprint density at radius 3 is 2.48 bits per heavy atom. The summed E-state index contributed by atoms with van der Waals surface area (Å²) in [6.07, 6.45) is 4.40. The average molecular weight is 377 g/mol. The Hall–Kier alpha value is -1.89. The zero-order chi connectivity index (χ0) is 19.8. The van der Waals surface area contributed by atoms with E-state index in [9.17, 15) is 14.7 Å². The van der Waals surface area contributed by atoms with Gasteiger partial charge in [0.1, 0.15) is 0 Å². The molecular formula is C20H31N3O4. The Bertz CT molecular complexity index is 699. The van der Waals surface area contributed by atoms with E-state index in [1.165, 1.54) is 0 Å². The number of carboxylic acid groups (broad SMARTS) is 1. The lowest BCUT2D eigenvalue weighted by Gasteiger charge is -2.35. The molecule has 2 aliphatic rings. The van der Waals surface area contributed by atoms with Gasteiger partial charge in [0.05, 0.1) is 35.0 Å². The smallest absolute Gasteiger partial charge is 0.309 e. The van der Waals surface area contributed by atoms with Crippen molar-refractivity contribution < 1.29 is 19.4 Å². The van der Waals surface area contributed by atoms with Crippen LogP contribution in [-0.4, -0.2) is 57.5 Å². The van der Waals surface area contributed by atoms with E-state index in [0.717, 1.165) is 25.0 Å². The van der Waals surface area contributed by atoms with Crippen LogP contribution in [0.2, 0.25) is 0 Å². The van der Waals surface area contributed by atoms with Crippen molar-refractivity contribution in [1.82, 2.24) is 14.7 Å². The van der Waals surface area contributed by atoms with Crippen LogP contribution in [0.4, 0.5) is 0 Å². The minimum atomic E-state index is -0.766. The van der Waals surface area contributed by atoms with E-state index in [1.54, 1.807) is 6.20 Å².